The van der Waals surface area contributed by atoms with Crippen LogP contribution in [0.1, 0.15) is 34.6 Å². The van der Waals surface area contributed by atoms with E-state index in [1.54, 1.807) is 13.8 Å². The predicted octanol–water partition coefficient (Wildman–Crippen LogP) is 1.80. The van der Waals surface area contributed by atoms with Crippen LogP contribution in [0.3, 0.4) is 0 Å². The maximum Gasteiger partial charge on any atom is 0.338 e. The maximum atomic E-state index is 12.1. The van der Waals surface area contributed by atoms with Crippen LogP contribution in [0.4, 0.5) is 0 Å². The Balaban J connectivity index is 2.21. The topological polar surface area (TPSA) is 97.4 Å². The van der Waals surface area contributed by atoms with Gasteiger partial charge >= 0.3 is 5.97 Å². The van der Waals surface area contributed by atoms with Crippen molar-refractivity contribution in [2.24, 2.45) is 0 Å². The molecule has 0 unspecified atom stereocenters. The maximum absolute atomic E-state index is 12.1. The molecule has 2 rings (SSSR count). The Bertz CT molecular complexity index is 652. The van der Waals surface area contributed by atoms with E-state index < -0.39 is 54.6 Å². The molecule has 0 amide bonds. The molecule has 8 nitrogen and oxygen atoms in total. The highest BCUT2D eigenvalue weighted by atomic mass is 32.2. The second-order valence-corrected chi connectivity index (χ2v) is 15.2. The molecule has 0 aromatic carbocycles. The minimum atomic E-state index is -3.79. The van der Waals surface area contributed by atoms with Gasteiger partial charge in [0.2, 0.25) is 0 Å². The molecule has 0 aromatic heterocycles. The molecule has 26 heavy (non-hydrogen) atoms. The van der Waals surface area contributed by atoms with Crippen LogP contribution in [-0.2, 0) is 37.7 Å². The lowest BCUT2D eigenvalue weighted by atomic mass is 10.1. The summed E-state index contributed by atoms with van der Waals surface area (Å²) in [6, 6.07) is 0. The van der Waals surface area contributed by atoms with Crippen molar-refractivity contribution in [2.75, 3.05) is 12.9 Å². The Morgan fingerprint density at radius 1 is 1.23 bits per heavy atom. The molecule has 0 aromatic rings. The highest BCUT2D eigenvalue weighted by Gasteiger charge is 2.59. The summed E-state index contributed by atoms with van der Waals surface area (Å²) in [6.45, 7) is 13.7. The molecule has 2 saturated heterocycles. The van der Waals surface area contributed by atoms with Gasteiger partial charge < -0.3 is 18.6 Å². The number of carbonyl (C=O) groups excluding carboxylic acids is 1. The van der Waals surface area contributed by atoms with Gasteiger partial charge in [0.15, 0.2) is 26.3 Å². The van der Waals surface area contributed by atoms with Crippen LogP contribution in [0.5, 0.6) is 0 Å². The van der Waals surface area contributed by atoms with Crippen molar-refractivity contribution in [3.05, 3.63) is 0 Å². The molecule has 2 aliphatic rings. The summed E-state index contributed by atoms with van der Waals surface area (Å²) in [5, 5.41) is -0.0630. The third-order valence-corrected chi connectivity index (χ3v) is 10.1. The molecule has 2 aliphatic heterocycles. The molecule has 0 bridgehead atoms. The SMILES string of the molecule is CC1(C)O[C@H]2[C@@H]([C@H](CO[Si](C)(C)C(C)(C)C)OS(C)(=O)=O)OC(=O)[C@H]2O1. The quantitative estimate of drug-likeness (QED) is 0.371. The minimum Gasteiger partial charge on any atom is -0.455 e. The summed E-state index contributed by atoms with van der Waals surface area (Å²) < 4.78 is 51.5. The van der Waals surface area contributed by atoms with E-state index in [0.29, 0.717) is 0 Å². The number of rotatable bonds is 6. The third-order valence-electron chi connectivity index (χ3n) is 5.02. The van der Waals surface area contributed by atoms with Crippen LogP contribution in [-0.4, -0.2) is 65.8 Å². The second kappa shape index (κ2) is 6.82. The van der Waals surface area contributed by atoms with Crippen molar-refractivity contribution in [1.29, 1.82) is 0 Å². The Morgan fingerprint density at radius 2 is 1.81 bits per heavy atom. The first-order valence-electron chi connectivity index (χ1n) is 8.61. The van der Waals surface area contributed by atoms with Crippen molar-refractivity contribution >= 4 is 24.4 Å². The number of ether oxygens (including phenoxy) is 3. The monoisotopic (exact) mass is 410 g/mol. The van der Waals surface area contributed by atoms with E-state index >= 15 is 0 Å². The molecule has 0 aliphatic carbocycles. The second-order valence-electron chi connectivity index (χ2n) is 8.83. The largest absolute Gasteiger partial charge is 0.455 e. The van der Waals surface area contributed by atoms with E-state index in [-0.39, 0.29) is 11.6 Å². The first kappa shape index (κ1) is 21.8. The van der Waals surface area contributed by atoms with Crippen LogP contribution in [0.25, 0.3) is 0 Å². The summed E-state index contributed by atoms with van der Waals surface area (Å²) in [6.07, 6.45) is -2.61. The predicted molar refractivity (Wildman–Crippen MR) is 96.6 cm³/mol. The van der Waals surface area contributed by atoms with E-state index in [9.17, 15) is 13.2 Å². The highest BCUT2D eigenvalue weighted by Crippen LogP contribution is 2.40. The zero-order valence-electron chi connectivity index (χ0n) is 16.7. The zero-order chi connectivity index (χ0) is 20.1. The van der Waals surface area contributed by atoms with Gasteiger partial charge in [0.05, 0.1) is 12.9 Å². The Kier molecular flexibility index (Phi) is 5.71. The zero-order valence-corrected chi connectivity index (χ0v) is 18.5. The molecule has 4 atom stereocenters. The normalized spacial score (nSPS) is 30.2. The summed E-state index contributed by atoms with van der Waals surface area (Å²) in [4.78, 5) is 12.1. The van der Waals surface area contributed by atoms with Crippen molar-refractivity contribution in [1.82, 2.24) is 0 Å². The number of cyclic esters (lactones) is 1. The van der Waals surface area contributed by atoms with E-state index in [2.05, 4.69) is 20.8 Å². The van der Waals surface area contributed by atoms with Crippen LogP contribution >= 0.6 is 0 Å². The highest BCUT2D eigenvalue weighted by molar-refractivity contribution is 7.86. The van der Waals surface area contributed by atoms with Gasteiger partial charge in [-0.25, -0.2) is 4.79 Å². The van der Waals surface area contributed by atoms with Gasteiger partial charge in [-0.15, -0.1) is 0 Å². The van der Waals surface area contributed by atoms with Crippen molar-refractivity contribution < 1.29 is 36.0 Å². The average molecular weight is 411 g/mol. The molecule has 2 heterocycles. The van der Waals surface area contributed by atoms with Gasteiger partial charge in [-0.2, -0.15) is 8.42 Å². The van der Waals surface area contributed by atoms with Crippen LogP contribution < -0.4 is 0 Å². The van der Waals surface area contributed by atoms with Gasteiger partial charge in [-0.05, 0) is 32.0 Å². The lowest BCUT2D eigenvalue weighted by molar-refractivity contribution is -0.193. The van der Waals surface area contributed by atoms with Crippen molar-refractivity contribution in [3.63, 3.8) is 0 Å². The summed E-state index contributed by atoms with van der Waals surface area (Å²) >= 11 is 0. The molecule has 2 fully saturated rings. The van der Waals surface area contributed by atoms with Gasteiger partial charge in [0, 0.05) is 0 Å². The lowest BCUT2D eigenvalue weighted by Gasteiger charge is -2.37. The van der Waals surface area contributed by atoms with E-state index in [0.717, 1.165) is 6.26 Å². The summed E-state index contributed by atoms with van der Waals surface area (Å²) in [7, 11) is -5.95. The van der Waals surface area contributed by atoms with Crippen LogP contribution in [0.2, 0.25) is 18.1 Å². The summed E-state index contributed by atoms with van der Waals surface area (Å²) in [5.41, 5.74) is 0. The summed E-state index contributed by atoms with van der Waals surface area (Å²) in [5.74, 6) is -1.54. The standard InChI is InChI=1S/C16H30O8SSi/c1-15(2,3)26(7,8)20-9-10(24-25(6,18)19)11-12-13(14(17)21-11)23-16(4,5)22-12/h10-13H,9H2,1-8H3/t10-,11+,12-,13-/m0/s1. The van der Waals surface area contributed by atoms with Gasteiger partial charge in [-0.3, -0.25) is 4.18 Å². The number of esters is 1. The van der Waals surface area contributed by atoms with Crippen LogP contribution in [0.15, 0.2) is 0 Å². The number of hydrogen-bond acceptors (Lipinski definition) is 8. The molecular weight excluding hydrogens is 380 g/mol. The molecule has 10 heteroatoms. The van der Waals surface area contributed by atoms with E-state index in [1.807, 2.05) is 13.1 Å². The molecule has 0 saturated carbocycles. The lowest BCUT2D eigenvalue weighted by Crippen LogP contribution is -2.48. The molecule has 0 N–H and O–H groups in total. The van der Waals surface area contributed by atoms with Crippen LogP contribution in [0, 0.1) is 0 Å². The smallest absolute Gasteiger partial charge is 0.338 e. The van der Waals surface area contributed by atoms with Gasteiger partial charge in [0.1, 0.15) is 12.2 Å². The van der Waals surface area contributed by atoms with E-state index in [4.69, 9.17) is 22.8 Å². The number of carbonyl (C=O) groups is 1. The fraction of sp³-hybridized carbons (Fsp3) is 0.938. The fourth-order valence-corrected chi connectivity index (χ4v) is 4.30. The van der Waals surface area contributed by atoms with Crippen molar-refractivity contribution in [2.45, 2.75) is 83.0 Å². The minimum absolute atomic E-state index is 0.0193. The molecule has 0 spiro atoms. The van der Waals surface area contributed by atoms with E-state index in [1.165, 1.54) is 0 Å². The Hall–Kier alpha value is -0.523. The Morgan fingerprint density at radius 3 is 2.31 bits per heavy atom. The van der Waals surface area contributed by atoms with Gasteiger partial charge in [-0.1, -0.05) is 20.8 Å². The molecular formula is C16H30O8SSi. The number of fused-ring (bicyclic) bond motifs is 1. The first-order valence-corrected chi connectivity index (χ1v) is 13.3. The average Bonchev–Trinajstić information content (AvgIpc) is 2.87. The fourth-order valence-electron chi connectivity index (χ4n) is 2.68. The first-order chi connectivity index (χ1) is 11.5. The molecule has 0 radical (unpaired) electrons. The third kappa shape index (κ3) is 4.85. The number of hydrogen-bond donors (Lipinski definition) is 0. The van der Waals surface area contributed by atoms with Gasteiger partial charge in [0.25, 0.3) is 10.1 Å². The molecule has 152 valence electrons. The Labute approximate surface area is 156 Å². The van der Waals surface area contributed by atoms with Crippen molar-refractivity contribution in [3.8, 4) is 0 Å².